The normalized spacial score (nSPS) is 12.9. The third-order valence-corrected chi connectivity index (χ3v) is 3.69. The highest BCUT2D eigenvalue weighted by molar-refractivity contribution is 6.21. The maximum absolute atomic E-state index is 12.3. The molecule has 1 heterocycles. The van der Waals surface area contributed by atoms with Crippen LogP contribution in [0.4, 0.5) is 17.1 Å². The molecule has 126 valence electrons. The molecule has 1 aliphatic heterocycles. The van der Waals surface area contributed by atoms with Crippen molar-refractivity contribution in [1.29, 1.82) is 0 Å². The summed E-state index contributed by atoms with van der Waals surface area (Å²) >= 11 is 0. The summed E-state index contributed by atoms with van der Waals surface area (Å²) in [6.07, 6.45) is 0. The molecule has 0 aliphatic carbocycles. The predicted octanol–water partition coefficient (Wildman–Crippen LogP) is 2.17. The zero-order chi connectivity index (χ0) is 18.1. The first-order valence-electron chi connectivity index (χ1n) is 7.02. The van der Waals surface area contributed by atoms with Crippen LogP contribution < -0.4 is 5.32 Å². The summed E-state index contributed by atoms with van der Waals surface area (Å²) in [4.78, 5) is 46.0. The lowest BCUT2D eigenvalue weighted by atomic mass is 10.1. The standard InChI is InChI=1S/C15H10N4O6/c20-14-10-6-5-9(18(22)23)7-11(10)15(21)17(14)8-16-12-3-1-2-4-13(12)19(24)25/h1-7,16H,8H2. The summed E-state index contributed by atoms with van der Waals surface area (Å²) < 4.78 is 0. The molecule has 0 spiro atoms. The number of fused-ring (bicyclic) bond motifs is 1. The zero-order valence-electron chi connectivity index (χ0n) is 12.5. The van der Waals surface area contributed by atoms with Gasteiger partial charge in [0.2, 0.25) is 0 Å². The number of anilines is 1. The number of nitrogens with one attached hydrogen (secondary N) is 1. The number of nitrogens with zero attached hydrogens (tertiary/aromatic N) is 3. The quantitative estimate of drug-likeness (QED) is 0.499. The zero-order valence-corrected chi connectivity index (χ0v) is 12.5. The number of rotatable bonds is 5. The average Bonchev–Trinajstić information content (AvgIpc) is 2.83. The van der Waals surface area contributed by atoms with Gasteiger partial charge in [0.15, 0.2) is 0 Å². The fraction of sp³-hybridized carbons (Fsp3) is 0.0667. The van der Waals surface area contributed by atoms with Crippen molar-refractivity contribution in [2.24, 2.45) is 0 Å². The van der Waals surface area contributed by atoms with E-state index in [1.165, 1.54) is 24.3 Å². The maximum atomic E-state index is 12.3. The summed E-state index contributed by atoms with van der Waals surface area (Å²) in [5.74, 6) is -1.32. The van der Waals surface area contributed by atoms with Gasteiger partial charge in [0.05, 0.1) is 27.6 Å². The van der Waals surface area contributed by atoms with E-state index in [0.29, 0.717) is 0 Å². The van der Waals surface area contributed by atoms with E-state index in [0.717, 1.165) is 17.0 Å². The van der Waals surface area contributed by atoms with Crippen LogP contribution >= 0.6 is 0 Å². The summed E-state index contributed by atoms with van der Waals surface area (Å²) in [6, 6.07) is 9.20. The van der Waals surface area contributed by atoms with Gasteiger partial charge in [0.25, 0.3) is 23.2 Å². The molecule has 0 radical (unpaired) electrons. The lowest BCUT2D eigenvalue weighted by Gasteiger charge is -2.15. The van der Waals surface area contributed by atoms with Crippen molar-refractivity contribution in [3.05, 3.63) is 73.8 Å². The van der Waals surface area contributed by atoms with Gasteiger partial charge < -0.3 is 5.32 Å². The van der Waals surface area contributed by atoms with Gasteiger partial charge in [-0.05, 0) is 12.1 Å². The summed E-state index contributed by atoms with van der Waals surface area (Å²) in [6.45, 7) is -0.301. The van der Waals surface area contributed by atoms with E-state index in [1.807, 2.05) is 0 Å². The van der Waals surface area contributed by atoms with E-state index in [9.17, 15) is 29.8 Å². The Morgan fingerprint density at radius 2 is 1.60 bits per heavy atom. The van der Waals surface area contributed by atoms with Gasteiger partial charge in [-0.25, -0.2) is 0 Å². The van der Waals surface area contributed by atoms with Crippen molar-refractivity contribution in [3.8, 4) is 0 Å². The van der Waals surface area contributed by atoms with Crippen LogP contribution in [0.5, 0.6) is 0 Å². The van der Waals surface area contributed by atoms with Gasteiger partial charge in [-0.2, -0.15) is 0 Å². The van der Waals surface area contributed by atoms with Gasteiger partial charge >= 0.3 is 0 Å². The van der Waals surface area contributed by atoms with E-state index in [-0.39, 0.29) is 34.9 Å². The molecule has 10 heteroatoms. The molecule has 1 N–H and O–H groups in total. The molecule has 10 nitrogen and oxygen atoms in total. The molecule has 0 bridgehead atoms. The van der Waals surface area contributed by atoms with Crippen LogP contribution in [0.3, 0.4) is 0 Å². The van der Waals surface area contributed by atoms with Crippen molar-refractivity contribution in [1.82, 2.24) is 4.90 Å². The molecule has 25 heavy (non-hydrogen) atoms. The Morgan fingerprint density at radius 1 is 0.920 bits per heavy atom. The second-order valence-corrected chi connectivity index (χ2v) is 5.13. The van der Waals surface area contributed by atoms with Gasteiger partial charge in [0, 0.05) is 18.2 Å². The Morgan fingerprint density at radius 3 is 2.28 bits per heavy atom. The van der Waals surface area contributed by atoms with Crippen LogP contribution in [-0.2, 0) is 0 Å². The lowest BCUT2D eigenvalue weighted by Crippen LogP contribution is -2.34. The molecule has 0 aromatic heterocycles. The number of carbonyl (C=O) groups excluding carboxylic acids is 2. The van der Waals surface area contributed by atoms with E-state index >= 15 is 0 Å². The lowest BCUT2D eigenvalue weighted by molar-refractivity contribution is -0.384. The van der Waals surface area contributed by atoms with E-state index in [1.54, 1.807) is 6.07 Å². The highest BCUT2D eigenvalue weighted by Gasteiger charge is 2.36. The Kier molecular flexibility index (Phi) is 3.85. The largest absolute Gasteiger partial charge is 0.362 e. The molecule has 0 unspecified atom stereocenters. The van der Waals surface area contributed by atoms with Gasteiger partial charge in [-0.1, -0.05) is 12.1 Å². The minimum absolute atomic E-state index is 0.0555. The summed E-state index contributed by atoms with van der Waals surface area (Å²) in [7, 11) is 0. The number of nitro groups is 2. The summed E-state index contributed by atoms with van der Waals surface area (Å²) in [5.41, 5.74) is -0.360. The van der Waals surface area contributed by atoms with E-state index in [4.69, 9.17) is 0 Å². The minimum atomic E-state index is -0.699. The molecule has 1 aliphatic rings. The van der Waals surface area contributed by atoms with Crippen LogP contribution in [-0.4, -0.2) is 33.2 Å². The molecule has 3 rings (SSSR count). The Labute approximate surface area is 140 Å². The molecular weight excluding hydrogens is 332 g/mol. The van der Waals surface area contributed by atoms with Crippen molar-refractivity contribution >= 4 is 28.9 Å². The monoisotopic (exact) mass is 342 g/mol. The van der Waals surface area contributed by atoms with Gasteiger partial charge in [-0.15, -0.1) is 0 Å². The topological polar surface area (TPSA) is 136 Å². The number of hydrogen-bond acceptors (Lipinski definition) is 7. The molecule has 0 atom stereocenters. The van der Waals surface area contributed by atoms with Crippen LogP contribution in [0.2, 0.25) is 0 Å². The number of nitro benzene ring substituents is 2. The number of non-ortho nitro benzene ring substituents is 1. The Hall–Kier alpha value is -3.82. The van der Waals surface area contributed by atoms with Crippen LogP contribution in [0.15, 0.2) is 42.5 Å². The maximum Gasteiger partial charge on any atom is 0.292 e. The van der Waals surface area contributed by atoms with Gasteiger partial charge in [-0.3, -0.25) is 34.7 Å². The number of hydrogen-bond donors (Lipinski definition) is 1. The number of amides is 2. The number of benzene rings is 2. The first-order valence-corrected chi connectivity index (χ1v) is 7.02. The molecule has 2 aromatic rings. The van der Waals surface area contributed by atoms with Gasteiger partial charge in [0.1, 0.15) is 5.69 Å². The Balaban J connectivity index is 1.83. The highest BCUT2D eigenvalue weighted by Crippen LogP contribution is 2.28. The average molecular weight is 342 g/mol. The second kappa shape index (κ2) is 6.00. The third kappa shape index (κ3) is 2.76. The summed E-state index contributed by atoms with van der Waals surface area (Å²) in [5, 5.41) is 24.5. The third-order valence-electron chi connectivity index (χ3n) is 3.69. The second-order valence-electron chi connectivity index (χ2n) is 5.13. The molecular formula is C15H10N4O6. The molecule has 0 saturated carbocycles. The first kappa shape index (κ1) is 16.1. The Bertz CT molecular complexity index is 926. The van der Waals surface area contributed by atoms with Crippen LogP contribution in [0, 0.1) is 20.2 Å². The first-order chi connectivity index (χ1) is 11.9. The SMILES string of the molecule is O=C1c2ccc([N+](=O)[O-])cc2C(=O)N1CNc1ccccc1[N+](=O)[O-]. The fourth-order valence-electron chi connectivity index (χ4n) is 2.48. The van der Waals surface area contributed by atoms with Crippen molar-refractivity contribution in [3.63, 3.8) is 0 Å². The molecule has 2 amide bonds. The highest BCUT2D eigenvalue weighted by atomic mass is 16.6. The van der Waals surface area contributed by atoms with Crippen molar-refractivity contribution in [2.45, 2.75) is 0 Å². The minimum Gasteiger partial charge on any atom is -0.362 e. The fourth-order valence-corrected chi connectivity index (χ4v) is 2.48. The van der Waals surface area contributed by atoms with Crippen molar-refractivity contribution < 1.29 is 19.4 Å². The molecule has 2 aromatic carbocycles. The van der Waals surface area contributed by atoms with E-state index < -0.39 is 21.7 Å². The number of carbonyl (C=O) groups is 2. The van der Waals surface area contributed by atoms with Crippen molar-refractivity contribution in [2.75, 3.05) is 12.0 Å². The molecule has 0 fully saturated rings. The van der Waals surface area contributed by atoms with Crippen LogP contribution in [0.25, 0.3) is 0 Å². The number of para-hydroxylation sites is 2. The van der Waals surface area contributed by atoms with Crippen LogP contribution in [0.1, 0.15) is 20.7 Å². The van der Waals surface area contributed by atoms with E-state index in [2.05, 4.69) is 5.32 Å². The predicted molar refractivity (Wildman–Crippen MR) is 85.2 cm³/mol. The smallest absolute Gasteiger partial charge is 0.292 e. The molecule has 0 saturated heterocycles. The number of imide groups is 1.